The standard InChI is InChI=1S/C16H15Cl2N3OS/c1-3-21-8-10(9(2)20-21)7-19-16(22)15-14(18)12-5-4-11(17)6-13(12)23-15/h4-6,8H,3,7H2,1-2H3,(H,19,22). The van der Waals surface area contributed by atoms with Crippen molar-refractivity contribution in [3.8, 4) is 0 Å². The fraction of sp³-hybridized carbons (Fsp3) is 0.250. The molecule has 0 aliphatic carbocycles. The molecule has 23 heavy (non-hydrogen) atoms. The molecule has 0 aliphatic heterocycles. The van der Waals surface area contributed by atoms with Crippen molar-refractivity contribution < 1.29 is 4.79 Å². The van der Waals surface area contributed by atoms with Crippen LogP contribution in [0.4, 0.5) is 0 Å². The number of nitrogens with zero attached hydrogens (tertiary/aromatic N) is 2. The molecule has 1 aromatic carbocycles. The van der Waals surface area contributed by atoms with Crippen LogP contribution in [-0.4, -0.2) is 15.7 Å². The van der Waals surface area contributed by atoms with Gasteiger partial charge in [0.2, 0.25) is 0 Å². The molecule has 0 atom stereocenters. The summed E-state index contributed by atoms with van der Waals surface area (Å²) in [6, 6.07) is 5.43. The van der Waals surface area contributed by atoms with Gasteiger partial charge in [0.05, 0.1) is 10.7 Å². The molecular formula is C16H15Cl2N3OS. The Morgan fingerprint density at radius 2 is 2.17 bits per heavy atom. The highest BCUT2D eigenvalue weighted by atomic mass is 35.5. The summed E-state index contributed by atoms with van der Waals surface area (Å²) in [4.78, 5) is 12.9. The van der Waals surface area contributed by atoms with E-state index < -0.39 is 0 Å². The lowest BCUT2D eigenvalue weighted by molar-refractivity contribution is 0.0955. The highest BCUT2D eigenvalue weighted by molar-refractivity contribution is 7.21. The molecule has 120 valence electrons. The van der Waals surface area contributed by atoms with E-state index in [9.17, 15) is 4.79 Å². The molecule has 3 rings (SSSR count). The highest BCUT2D eigenvalue weighted by Crippen LogP contribution is 2.36. The number of aromatic nitrogens is 2. The first-order chi connectivity index (χ1) is 11.0. The first-order valence-corrected chi connectivity index (χ1v) is 8.75. The van der Waals surface area contributed by atoms with Crippen LogP contribution in [0.3, 0.4) is 0 Å². The van der Waals surface area contributed by atoms with Crippen LogP contribution in [0.1, 0.15) is 27.9 Å². The lowest BCUT2D eigenvalue weighted by atomic mass is 10.2. The second-order valence-corrected chi connectivity index (χ2v) is 7.03. The van der Waals surface area contributed by atoms with E-state index in [1.807, 2.05) is 36.9 Å². The number of rotatable bonds is 4. The van der Waals surface area contributed by atoms with E-state index in [4.69, 9.17) is 23.2 Å². The molecule has 0 saturated carbocycles. The third-order valence-corrected chi connectivity index (χ3v) is 5.50. The van der Waals surface area contributed by atoms with Gasteiger partial charge >= 0.3 is 0 Å². The quantitative estimate of drug-likeness (QED) is 0.728. The summed E-state index contributed by atoms with van der Waals surface area (Å²) in [6.45, 7) is 5.19. The number of carbonyl (C=O) groups excluding carboxylic acids is 1. The summed E-state index contributed by atoms with van der Waals surface area (Å²) in [6.07, 6.45) is 1.95. The van der Waals surface area contributed by atoms with Crippen LogP contribution in [0.25, 0.3) is 10.1 Å². The van der Waals surface area contributed by atoms with Gasteiger partial charge in [0.15, 0.2) is 0 Å². The zero-order chi connectivity index (χ0) is 16.6. The zero-order valence-corrected chi connectivity index (χ0v) is 15.0. The summed E-state index contributed by atoms with van der Waals surface area (Å²) in [5.41, 5.74) is 1.92. The Balaban J connectivity index is 1.80. The number of amides is 1. The van der Waals surface area contributed by atoms with Crippen LogP contribution in [0, 0.1) is 6.92 Å². The molecule has 7 heteroatoms. The minimum absolute atomic E-state index is 0.184. The van der Waals surface area contributed by atoms with Crippen molar-refractivity contribution >= 4 is 50.5 Å². The summed E-state index contributed by atoms with van der Waals surface area (Å²) in [5.74, 6) is -0.184. The normalized spacial score (nSPS) is 11.1. The number of nitrogens with one attached hydrogen (secondary N) is 1. The van der Waals surface area contributed by atoms with Gasteiger partial charge in [-0.15, -0.1) is 11.3 Å². The Kier molecular flexibility index (Phi) is 4.62. The zero-order valence-electron chi connectivity index (χ0n) is 12.7. The van der Waals surface area contributed by atoms with Crippen molar-refractivity contribution in [1.82, 2.24) is 15.1 Å². The average Bonchev–Trinajstić information content (AvgIpc) is 3.05. The number of benzene rings is 1. The fourth-order valence-corrected chi connectivity index (χ4v) is 4.04. The predicted octanol–water partition coefficient (Wildman–Crippen LogP) is 4.66. The van der Waals surface area contributed by atoms with Gasteiger partial charge in [-0.2, -0.15) is 5.10 Å². The van der Waals surface area contributed by atoms with Crippen LogP contribution in [0.5, 0.6) is 0 Å². The molecule has 1 amide bonds. The van der Waals surface area contributed by atoms with Crippen molar-refractivity contribution in [2.24, 2.45) is 0 Å². The monoisotopic (exact) mass is 367 g/mol. The van der Waals surface area contributed by atoms with E-state index in [1.165, 1.54) is 11.3 Å². The molecule has 3 aromatic rings. The summed E-state index contributed by atoms with van der Waals surface area (Å²) in [5, 5.41) is 9.23. The lowest BCUT2D eigenvalue weighted by Gasteiger charge is -2.02. The highest BCUT2D eigenvalue weighted by Gasteiger charge is 2.17. The SMILES string of the molecule is CCn1cc(CNC(=O)c2sc3cc(Cl)ccc3c2Cl)c(C)n1. The molecule has 2 heterocycles. The maximum Gasteiger partial charge on any atom is 0.263 e. The number of hydrogen-bond donors (Lipinski definition) is 1. The van der Waals surface area contributed by atoms with Gasteiger partial charge in [0, 0.05) is 40.0 Å². The first kappa shape index (κ1) is 16.3. The maximum absolute atomic E-state index is 12.4. The second kappa shape index (κ2) is 6.51. The molecule has 0 unspecified atom stereocenters. The number of fused-ring (bicyclic) bond motifs is 1. The molecule has 0 fully saturated rings. The van der Waals surface area contributed by atoms with Crippen molar-refractivity contribution in [1.29, 1.82) is 0 Å². The molecule has 4 nitrogen and oxygen atoms in total. The molecule has 0 bridgehead atoms. The van der Waals surface area contributed by atoms with Crippen LogP contribution in [0.15, 0.2) is 24.4 Å². The Labute approximate surface area is 148 Å². The largest absolute Gasteiger partial charge is 0.347 e. The number of carbonyl (C=O) groups is 1. The van der Waals surface area contributed by atoms with E-state index in [-0.39, 0.29) is 5.91 Å². The van der Waals surface area contributed by atoms with Crippen molar-refractivity contribution in [3.05, 3.63) is 50.6 Å². The Morgan fingerprint density at radius 1 is 1.39 bits per heavy atom. The minimum Gasteiger partial charge on any atom is -0.347 e. The first-order valence-electron chi connectivity index (χ1n) is 7.18. The summed E-state index contributed by atoms with van der Waals surface area (Å²) in [7, 11) is 0. The van der Waals surface area contributed by atoms with E-state index in [0.29, 0.717) is 21.5 Å². The van der Waals surface area contributed by atoms with E-state index in [2.05, 4.69) is 10.4 Å². The van der Waals surface area contributed by atoms with Gasteiger partial charge in [0.1, 0.15) is 4.88 Å². The van der Waals surface area contributed by atoms with E-state index >= 15 is 0 Å². The molecule has 0 radical (unpaired) electrons. The third-order valence-electron chi connectivity index (χ3n) is 3.61. The van der Waals surface area contributed by atoms with Crippen molar-refractivity contribution in [2.45, 2.75) is 26.9 Å². The van der Waals surface area contributed by atoms with Gasteiger partial charge < -0.3 is 5.32 Å². The van der Waals surface area contributed by atoms with Gasteiger partial charge in [-0.1, -0.05) is 29.3 Å². The molecule has 0 saturated heterocycles. The lowest BCUT2D eigenvalue weighted by Crippen LogP contribution is -2.22. The van der Waals surface area contributed by atoms with Crippen LogP contribution >= 0.6 is 34.5 Å². The summed E-state index contributed by atoms with van der Waals surface area (Å²) < 4.78 is 2.76. The minimum atomic E-state index is -0.184. The van der Waals surface area contributed by atoms with Gasteiger partial charge in [-0.3, -0.25) is 9.48 Å². The smallest absolute Gasteiger partial charge is 0.263 e. The molecular weight excluding hydrogens is 353 g/mol. The van der Waals surface area contributed by atoms with Gasteiger partial charge in [-0.05, 0) is 26.0 Å². The third kappa shape index (κ3) is 3.22. The number of aryl methyl sites for hydroxylation is 2. The Hall–Kier alpha value is -1.56. The topological polar surface area (TPSA) is 46.9 Å². The average molecular weight is 368 g/mol. The van der Waals surface area contributed by atoms with E-state index in [0.717, 1.165) is 27.9 Å². The Morgan fingerprint density at radius 3 is 2.87 bits per heavy atom. The fourth-order valence-electron chi connectivity index (χ4n) is 2.34. The maximum atomic E-state index is 12.4. The summed E-state index contributed by atoms with van der Waals surface area (Å²) >= 11 is 13.7. The Bertz CT molecular complexity index is 885. The molecule has 2 aromatic heterocycles. The number of hydrogen-bond acceptors (Lipinski definition) is 3. The van der Waals surface area contributed by atoms with Crippen molar-refractivity contribution in [2.75, 3.05) is 0 Å². The molecule has 0 aliphatic rings. The van der Waals surface area contributed by atoms with Gasteiger partial charge in [0.25, 0.3) is 5.91 Å². The second-order valence-electron chi connectivity index (χ2n) is 5.16. The van der Waals surface area contributed by atoms with Gasteiger partial charge in [-0.25, -0.2) is 0 Å². The predicted molar refractivity (Wildman–Crippen MR) is 95.7 cm³/mol. The van der Waals surface area contributed by atoms with Crippen LogP contribution in [0.2, 0.25) is 10.0 Å². The molecule has 1 N–H and O–H groups in total. The van der Waals surface area contributed by atoms with Crippen LogP contribution < -0.4 is 5.32 Å². The van der Waals surface area contributed by atoms with E-state index in [1.54, 1.807) is 6.07 Å². The van der Waals surface area contributed by atoms with Crippen LogP contribution in [-0.2, 0) is 13.1 Å². The number of halogens is 2. The number of thiophene rings is 1. The molecule has 0 spiro atoms. The van der Waals surface area contributed by atoms with Crippen molar-refractivity contribution in [3.63, 3.8) is 0 Å².